The maximum absolute atomic E-state index is 9.01. The molecule has 0 amide bonds. The fraction of sp³-hybridized carbons (Fsp3) is 0.625. The number of morpholine rings is 1. The molecule has 2 saturated heterocycles. The highest BCUT2D eigenvalue weighted by Gasteiger charge is 2.23. The van der Waals surface area contributed by atoms with E-state index < -0.39 is 0 Å². The monoisotopic (exact) mass is 286 g/mol. The number of aromatic nitrogens is 1. The summed E-state index contributed by atoms with van der Waals surface area (Å²) in [4.78, 5) is 9.27. The molecule has 2 aliphatic heterocycles. The molecule has 0 aliphatic carbocycles. The quantitative estimate of drug-likeness (QED) is 0.843. The lowest BCUT2D eigenvalue weighted by atomic mass is 9.97. The second kappa shape index (κ2) is 6.88. The Balaban J connectivity index is 1.61. The average Bonchev–Trinajstić information content (AvgIpc) is 2.56. The van der Waals surface area contributed by atoms with Gasteiger partial charge in [-0.2, -0.15) is 5.26 Å². The van der Waals surface area contributed by atoms with E-state index in [1.54, 1.807) is 12.3 Å². The highest BCUT2D eigenvalue weighted by molar-refractivity contribution is 5.45. The second-order valence-electron chi connectivity index (χ2n) is 5.88. The summed E-state index contributed by atoms with van der Waals surface area (Å²) in [6.45, 7) is 7.07. The molecule has 2 fully saturated rings. The zero-order valence-electron chi connectivity index (χ0n) is 12.4. The van der Waals surface area contributed by atoms with Gasteiger partial charge < -0.3 is 9.64 Å². The highest BCUT2D eigenvalue weighted by Crippen LogP contribution is 2.23. The first kappa shape index (κ1) is 14.3. The Morgan fingerprint density at radius 1 is 1.33 bits per heavy atom. The van der Waals surface area contributed by atoms with Crippen molar-refractivity contribution in [1.82, 2.24) is 9.88 Å². The maximum Gasteiger partial charge on any atom is 0.129 e. The van der Waals surface area contributed by atoms with Gasteiger partial charge in [-0.1, -0.05) is 0 Å². The van der Waals surface area contributed by atoms with E-state index in [1.165, 1.54) is 12.8 Å². The summed E-state index contributed by atoms with van der Waals surface area (Å²) in [7, 11) is 0. The molecule has 0 N–H and O–H groups in total. The molecule has 0 unspecified atom stereocenters. The first-order chi connectivity index (χ1) is 10.3. The van der Waals surface area contributed by atoms with E-state index in [2.05, 4.69) is 20.9 Å². The molecule has 3 rings (SSSR count). The van der Waals surface area contributed by atoms with Gasteiger partial charge in [-0.05, 0) is 30.9 Å². The van der Waals surface area contributed by atoms with E-state index in [4.69, 9.17) is 10.00 Å². The molecular formula is C16H22N4O. The second-order valence-corrected chi connectivity index (χ2v) is 5.88. The average molecular weight is 286 g/mol. The lowest BCUT2D eigenvalue weighted by Gasteiger charge is -2.37. The van der Waals surface area contributed by atoms with Gasteiger partial charge in [0, 0.05) is 38.9 Å². The predicted molar refractivity (Wildman–Crippen MR) is 81.1 cm³/mol. The van der Waals surface area contributed by atoms with Crippen molar-refractivity contribution in [3.05, 3.63) is 23.9 Å². The van der Waals surface area contributed by atoms with Crippen LogP contribution in [0.2, 0.25) is 0 Å². The minimum atomic E-state index is 0.685. The van der Waals surface area contributed by atoms with Crippen molar-refractivity contribution >= 4 is 5.82 Å². The van der Waals surface area contributed by atoms with Crippen molar-refractivity contribution in [2.75, 3.05) is 50.8 Å². The fourth-order valence-corrected chi connectivity index (χ4v) is 3.23. The Labute approximate surface area is 126 Å². The number of rotatable bonds is 3. The van der Waals surface area contributed by atoms with Crippen molar-refractivity contribution in [2.24, 2.45) is 5.92 Å². The van der Waals surface area contributed by atoms with Gasteiger partial charge in [0.15, 0.2) is 0 Å². The molecule has 112 valence electrons. The van der Waals surface area contributed by atoms with Crippen LogP contribution >= 0.6 is 0 Å². The molecule has 21 heavy (non-hydrogen) atoms. The molecule has 0 aromatic carbocycles. The standard InChI is InChI=1S/C16H22N4O/c17-11-14-3-4-18-16(10-14)20-5-1-2-15(13-20)12-19-6-8-21-9-7-19/h3-4,10,15H,1-2,5-9,12-13H2/t15-/m1/s1. The molecule has 3 heterocycles. The molecule has 0 bridgehead atoms. The number of ether oxygens (including phenoxy) is 1. The summed E-state index contributed by atoms with van der Waals surface area (Å²) in [5.41, 5.74) is 0.690. The van der Waals surface area contributed by atoms with E-state index in [9.17, 15) is 0 Å². The minimum Gasteiger partial charge on any atom is -0.379 e. The smallest absolute Gasteiger partial charge is 0.129 e. The number of pyridine rings is 1. The number of hydrogen-bond acceptors (Lipinski definition) is 5. The highest BCUT2D eigenvalue weighted by atomic mass is 16.5. The van der Waals surface area contributed by atoms with E-state index in [-0.39, 0.29) is 0 Å². The summed E-state index contributed by atoms with van der Waals surface area (Å²) in [5, 5.41) is 9.01. The molecule has 0 saturated carbocycles. The Hall–Kier alpha value is -1.64. The van der Waals surface area contributed by atoms with Crippen LogP contribution in [0.1, 0.15) is 18.4 Å². The number of nitrogens with zero attached hydrogens (tertiary/aromatic N) is 4. The lowest BCUT2D eigenvalue weighted by molar-refractivity contribution is 0.0296. The summed E-state index contributed by atoms with van der Waals surface area (Å²) < 4.78 is 5.41. The molecule has 5 heteroatoms. The molecule has 1 aromatic heterocycles. The molecule has 5 nitrogen and oxygen atoms in total. The van der Waals surface area contributed by atoms with Crippen LogP contribution in [0.25, 0.3) is 0 Å². The lowest BCUT2D eigenvalue weighted by Crippen LogP contribution is -2.44. The van der Waals surface area contributed by atoms with Crippen LogP contribution in [0.3, 0.4) is 0 Å². The van der Waals surface area contributed by atoms with Crippen molar-refractivity contribution < 1.29 is 4.74 Å². The van der Waals surface area contributed by atoms with Gasteiger partial charge in [0.05, 0.1) is 24.8 Å². The van der Waals surface area contributed by atoms with Crippen molar-refractivity contribution in [3.63, 3.8) is 0 Å². The van der Waals surface area contributed by atoms with Gasteiger partial charge >= 0.3 is 0 Å². The zero-order valence-corrected chi connectivity index (χ0v) is 12.4. The maximum atomic E-state index is 9.01. The summed E-state index contributed by atoms with van der Waals surface area (Å²) in [6.07, 6.45) is 4.22. The van der Waals surface area contributed by atoms with Crippen LogP contribution in [0.15, 0.2) is 18.3 Å². The van der Waals surface area contributed by atoms with Gasteiger partial charge in [0.1, 0.15) is 5.82 Å². The van der Waals surface area contributed by atoms with Crippen molar-refractivity contribution in [1.29, 1.82) is 5.26 Å². The van der Waals surface area contributed by atoms with Crippen LogP contribution in [0.4, 0.5) is 5.82 Å². The third-order valence-electron chi connectivity index (χ3n) is 4.34. The topological polar surface area (TPSA) is 52.4 Å². The van der Waals surface area contributed by atoms with Gasteiger partial charge in [-0.3, -0.25) is 4.90 Å². The largest absolute Gasteiger partial charge is 0.379 e. The third kappa shape index (κ3) is 3.72. The van der Waals surface area contributed by atoms with Crippen molar-refractivity contribution in [2.45, 2.75) is 12.8 Å². The van der Waals surface area contributed by atoms with E-state index in [1.807, 2.05) is 6.07 Å². The number of hydrogen-bond donors (Lipinski definition) is 0. The number of nitriles is 1. The summed E-state index contributed by atoms with van der Waals surface area (Å²) in [6, 6.07) is 5.86. The van der Waals surface area contributed by atoms with Crippen molar-refractivity contribution in [3.8, 4) is 6.07 Å². The van der Waals surface area contributed by atoms with E-state index in [0.29, 0.717) is 11.5 Å². The zero-order chi connectivity index (χ0) is 14.5. The Morgan fingerprint density at radius 3 is 3.00 bits per heavy atom. The Morgan fingerprint density at radius 2 is 2.19 bits per heavy atom. The number of anilines is 1. The fourth-order valence-electron chi connectivity index (χ4n) is 3.23. The van der Waals surface area contributed by atoms with Crippen LogP contribution < -0.4 is 4.90 Å². The SMILES string of the molecule is N#Cc1ccnc(N2CCC[C@H](CN3CCOCC3)C2)c1. The van der Waals surface area contributed by atoms with Crippen LogP contribution in [0, 0.1) is 17.2 Å². The molecule has 0 radical (unpaired) electrons. The summed E-state index contributed by atoms with van der Waals surface area (Å²) >= 11 is 0. The first-order valence-corrected chi connectivity index (χ1v) is 7.76. The molecule has 2 aliphatic rings. The minimum absolute atomic E-state index is 0.685. The third-order valence-corrected chi connectivity index (χ3v) is 4.34. The van der Waals surface area contributed by atoms with E-state index in [0.717, 1.165) is 51.8 Å². The molecule has 0 spiro atoms. The van der Waals surface area contributed by atoms with Crippen LogP contribution in [0.5, 0.6) is 0 Å². The Kier molecular flexibility index (Phi) is 4.69. The van der Waals surface area contributed by atoms with Gasteiger partial charge in [0.2, 0.25) is 0 Å². The molecule has 1 aromatic rings. The van der Waals surface area contributed by atoms with E-state index >= 15 is 0 Å². The first-order valence-electron chi connectivity index (χ1n) is 7.76. The van der Waals surface area contributed by atoms with Gasteiger partial charge in [0.25, 0.3) is 0 Å². The predicted octanol–water partition coefficient (Wildman–Crippen LogP) is 1.50. The van der Waals surface area contributed by atoms with Gasteiger partial charge in [-0.15, -0.1) is 0 Å². The Bertz CT molecular complexity index is 507. The normalized spacial score (nSPS) is 23.8. The van der Waals surface area contributed by atoms with Crippen LogP contribution in [-0.4, -0.2) is 55.8 Å². The number of piperidine rings is 1. The van der Waals surface area contributed by atoms with Crippen LogP contribution in [-0.2, 0) is 4.74 Å². The van der Waals surface area contributed by atoms with Gasteiger partial charge in [-0.25, -0.2) is 4.98 Å². The molecular weight excluding hydrogens is 264 g/mol. The molecule has 1 atom stereocenters. The summed E-state index contributed by atoms with van der Waals surface area (Å²) in [5.74, 6) is 1.63.